The molecule has 5 nitrogen and oxygen atoms in total. The molecule has 27 heavy (non-hydrogen) atoms. The van der Waals surface area contributed by atoms with Gasteiger partial charge in [0.2, 0.25) is 0 Å². The second kappa shape index (κ2) is 7.45. The minimum absolute atomic E-state index is 0.576. The zero-order valence-corrected chi connectivity index (χ0v) is 15.4. The van der Waals surface area contributed by atoms with Gasteiger partial charge in [-0.3, -0.25) is 0 Å². The van der Waals surface area contributed by atoms with Gasteiger partial charge in [-0.2, -0.15) is 0 Å². The SMILES string of the molecule is COc1ccc(-c2ccc3c(c2)CC2CCNCCN32)c(/C=C\C(=O)O)c1. The summed E-state index contributed by atoms with van der Waals surface area (Å²) in [6.45, 7) is 3.15. The molecule has 2 heterocycles. The number of fused-ring (bicyclic) bond motifs is 3. The molecule has 1 unspecified atom stereocenters. The molecule has 140 valence electrons. The number of rotatable bonds is 4. The molecular weight excluding hydrogens is 340 g/mol. The summed E-state index contributed by atoms with van der Waals surface area (Å²) in [7, 11) is 1.61. The van der Waals surface area contributed by atoms with Gasteiger partial charge in [0.15, 0.2) is 0 Å². The first-order valence-corrected chi connectivity index (χ1v) is 9.35. The molecule has 0 radical (unpaired) electrons. The lowest BCUT2D eigenvalue weighted by molar-refractivity contribution is -0.131. The van der Waals surface area contributed by atoms with Crippen LogP contribution < -0.4 is 15.0 Å². The summed E-state index contributed by atoms with van der Waals surface area (Å²) in [5.74, 6) is -0.245. The van der Waals surface area contributed by atoms with Gasteiger partial charge >= 0.3 is 5.97 Å². The van der Waals surface area contributed by atoms with Gasteiger partial charge in [-0.25, -0.2) is 4.79 Å². The van der Waals surface area contributed by atoms with Crippen LogP contribution in [0.3, 0.4) is 0 Å². The van der Waals surface area contributed by atoms with Crippen molar-refractivity contribution in [2.24, 2.45) is 0 Å². The van der Waals surface area contributed by atoms with Crippen molar-refractivity contribution in [3.8, 4) is 16.9 Å². The van der Waals surface area contributed by atoms with E-state index in [9.17, 15) is 4.79 Å². The summed E-state index contributed by atoms with van der Waals surface area (Å²) in [5.41, 5.74) is 5.68. The predicted molar refractivity (Wildman–Crippen MR) is 107 cm³/mol. The van der Waals surface area contributed by atoms with E-state index in [0.29, 0.717) is 11.8 Å². The molecule has 0 bridgehead atoms. The smallest absolute Gasteiger partial charge is 0.328 e. The number of ether oxygens (including phenoxy) is 1. The number of benzene rings is 2. The number of methoxy groups -OCH3 is 1. The lowest BCUT2D eigenvalue weighted by Gasteiger charge is -2.24. The molecular formula is C22H24N2O3. The van der Waals surface area contributed by atoms with Gasteiger partial charge in [0.1, 0.15) is 5.75 Å². The fourth-order valence-electron chi connectivity index (χ4n) is 4.14. The van der Waals surface area contributed by atoms with Crippen molar-refractivity contribution in [1.29, 1.82) is 0 Å². The van der Waals surface area contributed by atoms with Gasteiger partial charge in [0.05, 0.1) is 7.11 Å². The number of hydrogen-bond acceptors (Lipinski definition) is 4. The fraction of sp³-hybridized carbons (Fsp3) is 0.318. The van der Waals surface area contributed by atoms with Crippen LogP contribution in [-0.2, 0) is 11.2 Å². The maximum absolute atomic E-state index is 11.0. The van der Waals surface area contributed by atoms with E-state index in [1.54, 1.807) is 13.2 Å². The molecule has 0 amide bonds. The molecule has 0 aromatic heterocycles. The molecule has 2 aliphatic rings. The van der Waals surface area contributed by atoms with E-state index in [-0.39, 0.29) is 0 Å². The van der Waals surface area contributed by atoms with E-state index in [4.69, 9.17) is 9.84 Å². The van der Waals surface area contributed by atoms with Crippen molar-refractivity contribution < 1.29 is 14.6 Å². The number of carbonyl (C=O) groups is 1. The van der Waals surface area contributed by atoms with E-state index in [1.807, 2.05) is 18.2 Å². The topological polar surface area (TPSA) is 61.8 Å². The first-order chi connectivity index (χ1) is 13.2. The Bertz CT molecular complexity index is 891. The van der Waals surface area contributed by atoms with Crippen molar-refractivity contribution >= 4 is 17.7 Å². The molecule has 0 saturated carbocycles. The normalized spacial score (nSPS) is 18.9. The number of anilines is 1. The summed E-state index contributed by atoms with van der Waals surface area (Å²) >= 11 is 0. The molecule has 4 rings (SSSR count). The molecule has 2 aliphatic heterocycles. The predicted octanol–water partition coefficient (Wildman–Crippen LogP) is 3.18. The Morgan fingerprint density at radius 3 is 2.96 bits per heavy atom. The van der Waals surface area contributed by atoms with Gasteiger partial charge in [-0.05, 0) is 72.0 Å². The maximum Gasteiger partial charge on any atom is 0.328 e. The van der Waals surface area contributed by atoms with Gasteiger partial charge in [0.25, 0.3) is 0 Å². The number of carboxylic acids is 1. The van der Waals surface area contributed by atoms with Crippen molar-refractivity contribution in [2.45, 2.75) is 18.9 Å². The van der Waals surface area contributed by atoms with Crippen LogP contribution in [-0.4, -0.2) is 43.9 Å². The average Bonchev–Trinajstić information content (AvgIpc) is 2.85. The zero-order chi connectivity index (χ0) is 18.8. The average molecular weight is 364 g/mol. The monoisotopic (exact) mass is 364 g/mol. The number of carboxylic acid groups (broad SMARTS) is 1. The van der Waals surface area contributed by atoms with Gasteiger partial charge < -0.3 is 20.1 Å². The summed E-state index contributed by atoms with van der Waals surface area (Å²) in [6.07, 6.45) is 5.04. The third-order valence-corrected chi connectivity index (χ3v) is 5.44. The van der Waals surface area contributed by atoms with Crippen LogP contribution in [0, 0.1) is 0 Å². The largest absolute Gasteiger partial charge is 0.497 e. The fourth-order valence-corrected chi connectivity index (χ4v) is 4.14. The van der Waals surface area contributed by atoms with E-state index >= 15 is 0 Å². The third kappa shape index (κ3) is 3.55. The summed E-state index contributed by atoms with van der Waals surface area (Å²) in [6, 6.07) is 13.0. The van der Waals surface area contributed by atoms with E-state index in [2.05, 4.69) is 28.4 Å². The van der Waals surface area contributed by atoms with Gasteiger partial charge in [-0.1, -0.05) is 12.1 Å². The number of hydrogen-bond donors (Lipinski definition) is 2. The highest BCUT2D eigenvalue weighted by atomic mass is 16.5. The molecule has 1 saturated heterocycles. The molecule has 1 fully saturated rings. The highest BCUT2D eigenvalue weighted by molar-refractivity contribution is 5.88. The second-order valence-electron chi connectivity index (χ2n) is 7.06. The summed E-state index contributed by atoms with van der Waals surface area (Å²) < 4.78 is 5.31. The van der Waals surface area contributed by atoms with Crippen LogP contribution >= 0.6 is 0 Å². The van der Waals surface area contributed by atoms with Crippen molar-refractivity contribution in [3.05, 3.63) is 53.6 Å². The lowest BCUT2D eigenvalue weighted by Crippen LogP contribution is -2.32. The lowest BCUT2D eigenvalue weighted by atomic mass is 9.96. The minimum atomic E-state index is -0.959. The van der Waals surface area contributed by atoms with E-state index < -0.39 is 5.97 Å². The molecule has 2 aromatic rings. The minimum Gasteiger partial charge on any atom is -0.497 e. The Morgan fingerprint density at radius 2 is 2.15 bits per heavy atom. The first kappa shape index (κ1) is 17.6. The van der Waals surface area contributed by atoms with Crippen molar-refractivity contribution in [2.75, 3.05) is 31.6 Å². The van der Waals surface area contributed by atoms with Crippen LogP contribution in [0.1, 0.15) is 17.5 Å². The van der Waals surface area contributed by atoms with Crippen LogP contribution in [0.25, 0.3) is 17.2 Å². The quantitative estimate of drug-likeness (QED) is 0.816. The molecule has 5 heteroatoms. The highest BCUT2D eigenvalue weighted by Gasteiger charge is 2.30. The second-order valence-corrected chi connectivity index (χ2v) is 7.06. The highest BCUT2D eigenvalue weighted by Crippen LogP contribution is 2.38. The first-order valence-electron chi connectivity index (χ1n) is 9.35. The zero-order valence-electron chi connectivity index (χ0n) is 15.4. The Hall–Kier alpha value is -2.79. The van der Waals surface area contributed by atoms with Crippen LogP contribution in [0.4, 0.5) is 5.69 Å². The van der Waals surface area contributed by atoms with Crippen LogP contribution in [0.2, 0.25) is 0 Å². The molecule has 0 aliphatic carbocycles. The summed E-state index contributed by atoms with van der Waals surface area (Å²) in [4.78, 5) is 13.5. The Balaban J connectivity index is 1.72. The molecule has 1 atom stereocenters. The standard InChI is InChI=1S/C22H24N2O3/c1-27-19-4-5-20(16(14-19)3-7-22(25)26)15-2-6-21-17(12-15)13-18-8-9-23-10-11-24(18)21/h2-7,12,14,18,23H,8-11,13H2,1H3,(H,25,26)/b7-3-. The Kier molecular flexibility index (Phi) is 4.86. The molecule has 0 spiro atoms. The number of nitrogens with one attached hydrogen (secondary N) is 1. The molecule has 2 N–H and O–H groups in total. The van der Waals surface area contributed by atoms with E-state index in [0.717, 1.165) is 42.7 Å². The Labute approximate surface area is 159 Å². The molecule has 2 aromatic carbocycles. The Morgan fingerprint density at radius 1 is 1.26 bits per heavy atom. The van der Waals surface area contributed by atoms with Gasteiger partial charge in [0, 0.05) is 30.9 Å². The van der Waals surface area contributed by atoms with Crippen LogP contribution in [0.5, 0.6) is 5.75 Å². The van der Waals surface area contributed by atoms with Crippen molar-refractivity contribution in [3.63, 3.8) is 0 Å². The van der Waals surface area contributed by atoms with E-state index in [1.165, 1.54) is 23.7 Å². The summed E-state index contributed by atoms with van der Waals surface area (Å²) in [5, 5.41) is 12.5. The van der Waals surface area contributed by atoms with Gasteiger partial charge in [-0.15, -0.1) is 0 Å². The third-order valence-electron chi connectivity index (χ3n) is 5.44. The van der Waals surface area contributed by atoms with Crippen LogP contribution in [0.15, 0.2) is 42.5 Å². The maximum atomic E-state index is 11.0. The number of aliphatic carboxylic acids is 1. The van der Waals surface area contributed by atoms with Crippen molar-refractivity contribution in [1.82, 2.24) is 5.32 Å². The number of nitrogens with zero attached hydrogens (tertiary/aromatic N) is 1.